The Kier molecular flexibility index (Phi) is 6.44. The second-order valence-electron chi connectivity index (χ2n) is 3.62. The number of benzene rings is 1. The molecule has 0 amide bonds. The quantitative estimate of drug-likeness (QED) is 0.920. The maximum absolute atomic E-state index is 6.07. The predicted molar refractivity (Wildman–Crippen MR) is 78.5 cm³/mol. The summed E-state index contributed by atoms with van der Waals surface area (Å²) in [5.74, 6) is 0. The molecule has 0 aliphatic heterocycles. The van der Waals surface area contributed by atoms with Crippen molar-refractivity contribution in [2.75, 3.05) is 0 Å². The highest BCUT2D eigenvalue weighted by Gasteiger charge is 2.04. The Morgan fingerprint density at radius 2 is 1.67 bits per heavy atom. The maximum atomic E-state index is 6.07. The van der Waals surface area contributed by atoms with Gasteiger partial charge in [0.15, 0.2) is 0 Å². The molecule has 0 saturated heterocycles. The van der Waals surface area contributed by atoms with Gasteiger partial charge < -0.3 is 5.32 Å². The van der Waals surface area contributed by atoms with Crippen molar-refractivity contribution in [3.63, 3.8) is 0 Å². The van der Waals surface area contributed by atoms with Gasteiger partial charge in [-0.1, -0.05) is 35.3 Å². The van der Waals surface area contributed by atoms with E-state index in [0.29, 0.717) is 23.1 Å². The first-order valence-corrected chi connectivity index (χ1v) is 6.06. The minimum absolute atomic E-state index is 0. The SMILES string of the molecule is Cl.Clc1cccc(Cl)c1CNCc1ccccn1. The van der Waals surface area contributed by atoms with Crippen LogP contribution in [0.2, 0.25) is 10.0 Å². The number of halogens is 3. The van der Waals surface area contributed by atoms with E-state index in [4.69, 9.17) is 23.2 Å². The van der Waals surface area contributed by atoms with Gasteiger partial charge in [-0.3, -0.25) is 4.98 Å². The van der Waals surface area contributed by atoms with Crippen molar-refractivity contribution in [3.8, 4) is 0 Å². The number of hydrogen-bond donors (Lipinski definition) is 1. The molecule has 1 aromatic carbocycles. The van der Waals surface area contributed by atoms with Gasteiger partial charge in [0.05, 0.1) is 5.69 Å². The fourth-order valence-electron chi connectivity index (χ4n) is 1.52. The van der Waals surface area contributed by atoms with Crippen molar-refractivity contribution in [2.24, 2.45) is 0 Å². The van der Waals surface area contributed by atoms with Crippen LogP contribution in [0.5, 0.6) is 0 Å². The minimum atomic E-state index is 0. The summed E-state index contributed by atoms with van der Waals surface area (Å²) in [5, 5.41) is 4.64. The number of hydrogen-bond acceptors (Lipinski definition) is 2. The van der Waals surface area contributed by atoms with E-state index < -0.39 is 0 Å². The lowest BCUT2D eigenvalue weighted by atomic mass is 10.2. The zero-order valence-corrected chi connectivity index (χ0v) is 11.9. The Labute approximate surface area is 123 Å². The summed E-state index contributed by atoms with van der Waals surface area (Å²) in [6.07, 6.45) is 1.78. The van der Waals surface area contributed by atoms with Crippen LogP contribution in [0.1, 0.15) is 11.3 Å². The van der Waals surface area contributed by atoms with Gasteiger partial charge in [0, 0.05) is 34.9 Å². The van der Waals surface area contributed by atoms with Crippen LogP contribution >= 0.6 is 35.6 Å². The summed E-state index contributed by atoms with van der Waals surface area (Å²) in [6, 6.07) is 11.4. The first kappa shape index (κ1) is 15.3. The molecular weight excluding hydrogens is 291 g/mol. The standard InChI is InChI=1S/C13H12Cl2N2.ClH/c14-12-5-3-6-13(15)11(12)9-16-8-10-4-1-2-7-17-10;/h1-7,16H,8-9H2;1H. The van der Waals surface area contributed by atoms with Gasteiger partial charge in [0.1, 0.15) is 0 Å². The average Bonchev–Trinajstić information content (AvgIpc) is 2.34. The number of nitrogens with one attached hydrogen (secondary N) is 1. The molecule has 2 rings (SSSR count). The second-order valence-corrected chi connectivity index (χ2v) is 4.44. The summed E-state index contributed by atoms with van der Waals surface area (Å²) in [7, 11) is 0. The smallest absolute Gasteiger partial charge is 0.0541 e. The van der Waals surface area contributed by atoms with Gasteiger partial charge in [-0.25, -0.2) is 0 Å². The molecule has 2 nitrogen and oxygen atoms in total. The summed E-state index contributed by atoms with van der Waals surface area (Å²) >= 11 is 12.1. The zero-order chi connectivity index (χ0) is 12.1. The van der Waals surface area contributed by atoms with E-state index in [0.717, 1.165) is 11.3 Å². The number of aromatic nitrogens is 1. The van der Waals surface area contributed by atoms with E-state index in [1.54, 1.807) is 6.20 Å². The van der Waals surface area contributed by atoms with Crippen molar-refractivity contribution >= 4 is 35.6 Å². The number of pyridine rings is 1. The largest absolute Gasteiger partial charge is 0.307 e. The van der Waals surface area contributed by atoms with Crippen LogP contribution < -0.4 is 5.32 Å². The summed E-state index contributed by atoms with van der Waals surface area (Å²) in [4.78, 5) is 4.23. The Hall–Kier alpha value is -0.800. The molecular formula is C13H13Cl3N2. The Bertz CT molecular complexity index is 469. The molecule has 2 aromatic rings. The summed E-state index contributed by atoms with van der Waals surface area (Å²) in [5.41, 5.74) is 1.92. The molecule has 0 atom stereocenters. The van der Waals surface area contributed by atoms with Crippen LogP contribution in [0.3, 0.4) is 0 Å². The highest BCUT2D eigenvalue weighted by molar-refractivity contribution is 6.35. The summed E-state index contributed by atoms with van der Waals surface area (Å²) in [6.45, 7) is 1.33. The third-order valence-corrected chi connectivity index (χ3v) is 3.10. The number of nitrogens with zero attached hydrogens (tertiary/aromatic N) is 1. The molecule has 1 heterocycles. The molecule has 0 radical (unpaired) electrons. The molecule has 0 fully saturated rings. The fourth-order valence-corrected chi connectivity index (χ4v) is 2.05. The molecule has 0 bridgehead atoms. The molecule has 0 unspecified atom stereocenters. The van der Waals surface area contributed by atoms with Gasteiger partial charge in [-0.2, -0.15) is 0 Å². The van der Waals surface area contributed by atoms with E-state index in [2.05, 4.69) is 10.3 Å². The molecule has 0 aliphatic rings. The van der Waals surface area contributed by atoms with Gasteiger partial charge in [-0.05, 0) is 24.3 Å². The van der Waals surface area contributed by atoms with Crippen LogP contribution in [-0.2, 0) is 13.1 Å². The van der Waals surface area contributed by atoms with Crippen molar-refractivity contribution in [2.45, 2.75) is 13.1 Å². The molecule has 96 valence electrons. The van der Waals surface area contributed by atoms with Crippen LogP contribution in [0, 0.1) is 0 Å². The van der Waals surface area contributed by atoms with Crippen molar-refractivity contribution in [3.05, 3.63) is 63.9 Å². The van der Waals surface area contributed by atoms with Crippen molar-refractivity contribution in [1.82, 2.24) is 10.3 Å². The summed E-state index contributed by atoms with van der Waals surface area (Å²) < 4.78 is 0. The van der Waals surface area contributed by atoms with E-state index in [1.165, 1.54) is 0 Å². The Balaban J connectivity index is 0.00000162. The Morgan fingerprint density at radius 3 is 2.28 bits per heavy atom. The molecule has 5 heteroatoms. The fraction of sp³-hybridized carbons (Fsp3) is 0.154. The van der Waals surface area contributed by atoms with Crippen LogP contribution in [-0.4, -0.2) is 4.98 Å². The third kappa shape index (κ3) is 4.14. The second kappa shape index (κ2) is 7.59. The monoisotopic (exact) mass is 302 g/mol. The van der Waals surface area contributed by atoms with E-state index >= 15 is 0 Å². The van der Waals surface area contributed by atoms with Gasteiger partial charge in [-0.15, -0.1) is 12.4 Å². The lowest BCUT2D eigenvalue weighted by Crippen LogP contribution is -2.14. The van der Waals surface area contributed by atoms with Gasteiger partial charge in [0.25, 0.3) is 0 Å². The van der Waals surface area contributed by atoms with Crippen LogP contribution in [0.4, 0.5) is 0 Å². The van der Waals surface area contributed by atoms with E-state index in [-0.39, 0.29) is 12.4 Å². The van der Waals surface area contributed by atoms with E-state index in [1.807, 2.05) is 36.4 Å². The highest BCUT2D eigenvalue weighted by atomic mass is 35.5. The zero-order valence-electron chi connectivity index (χ0n) is 9.57. The van der Waals surface area contributed by atoms with Crippen LogP contribution in [0.25, 0.3) is 0 Å². The topological polar surface area (TPSA) is 24.9 Å². The van der Waals surface area contributed by atoms with Crippen molar-refractivity contribution in [1.29, 1.82) is 0 Å². The first-order valence-electron chi connectivity index (χ1n) is 5.31. The molecule has 18 heavy (non-hydrogen) atoms. The Morgan fingerprint density at radius 1 is 0.944 bits per heavy atom. The van der Waals surface area contributed by atoms with Crippen LogP contribution in [0.15, 0.2) is 42.6 Å². The molecule has 1 N–H and O–H groups in total. The van der Waals surface area contributed by atoms with Gasteiger partial charge in [0.2, 0.25) is 0 Å². The normalized spacial score (nSPS) is 9.89. The maximum Gasteiger partial charge on any atom is 0.0541 e. The predicted octanol–water partition coefficient (Wildman–Crippen LogP) is 4.10. The van der Waals surface area contributed by atoms with Crippen molar-refractivity contribution < 1.29 is 0 Å². The molecule has 1 aromatic heterocycles. The lowest BCUT2D eigenvalue weighted by Gasteiger charge is -2.08. The first-order chi connectivity index (χ1) is 8.27. The lowest BCUT2D eigenvalue weighted by molar-refractivity contribution is 0.680. The van der Waals surface area contributed by atoms with Gasteiger partial charge >= 0.3 is 0 Å². The minimum Gasteiger partial charge on any atom is -0.307 e. The molecule has 0 spiro atoms. The number of rotatable bonds is 4. The third-order valence-electron chi connectivity index (χ3n) is 2.40. The highest BCUT2D eigenvalue weighted by Crippen LogP contribution is 2.23. The van der Waals surface area contributed by atoms with E-state index in [9.17, 15) is 0 Å². The average molecular weight is 304 g/mol. The molecule has 0 aliphatic carbocycles. The molecule has 0 saturated carbocycles.